The third-order valence-electron chi connectivity index (χ3n) is 3.67. The Morgan fingerprint density at radius 3 is 2.95 bits per heavy atom. The van der Waals surface area contributed by atoms with Crippen LogP contribution in [0.25, 0.3) is 10.9 Å². The van der Waals surface area contributed by atoms with E-state index in [0.29, 0.717) is 17.9 Å². The first-order chi connectivity index (χ1) is 9.98. The summed E-state index contributed by atoms with van der Waals surface area (Å²) in [4.78, 5) is 17.4. The second-order valence-corrected chi connectivity index (χ2v) is 8.46. The molecule has 0 bridgehead atoms. The van der Waals surface area contributed by atoms with Gasteiger partial charge >= 0.3 is 0 Å². The molecule has 7 heteroatoms. The number of hydrogen-bond donors (Lipinski definition) is 1. The average Bonchev–Trinajstić information content (AvgIpc) is 2.94. The number of aromatic amines is 1. The van der Waals surface area contributed by atoms with Gasteiger partial charge in [0.05, 0.1) is 0 Å². The summed E-state index contributed by atoms with van der Waals surface area (Å²) in [7, 11) is -3.29. The van der Waals surface area contributed by atoms with Crippen LogP contribution in [0.15, 0.2) is 30.5 Å². The molecule has 1 unspecified atom stereocenters. The number of H-pyrrole nitrogens is 1. The predicted molar refractivity (Wildman–Crippen MR) is 85.3 cm³/mol. The Morgan fingerprint density at radius 1 is 1.38 bits per heavy atom. The maximum Gasteiger partial charge on any atom is 0.255 e. The van der Waals surface area contributed by atoms with Gasteiger partial charge in [-0.15, -0.1) is 0 Å². The normalized spacial score (nSPS) is 19.9. The second-order valence-electron chi connectivity index (χ2n) is 5.10. The predicted octanol–water partition coefficient (Wildman–Crippen LogP) is 1.73. The number of fused-ring (bicyclic) bond motifs is 1. The van der Waals surface area contributed by atoms with E-state index in [0.717, 1.165) is 16.7 Å². The van der Waals surface area contributed by atoms with E-state index < -0.39 is 15.2 Å². The fourth-order valence-electron chi connectivity index (χ4n) is 2.59. The van der Waals surface area contributed by atoms with Crippen LogP contribution < -0.4 is 0 Å². The summed E-state index contributed by atoms with van der Waals surface area (Å²) in [6.07, 6.45) is 2.97. The highest BCUT2D eigenvalue weighted by atomic mass is 32.2. The molecule has 1 aromatic heterocycles. The summed E-state index contributed by atoms with van der Waals surface area (Å²) in [6, 6.07) is 7.29. The van der Waals surface area contributed by atoms with Crippen molar-refractivity contribution in [1.82, 2.24) is 9.88 Å². The van der Waals surface area contributed by atoms with Crippen LogP contribution in [0.5, 0.6) is 0 Å². The molecule has 1 aliphatic heterocycles. The van der Waals surface area contributed by atoms with Gasteiger partial charge < -0.3 is 9.88 Å². The van der Waals surface area contributed by atoms with Crippen LogP contribution in [0.3, 0.4) is 0 Å². The topological polar surface area (TPSA) is 70.2 Å². The lowest BCUT2D eigenvalue weighted by molar-refractivity contribution is 0.0751. The standard InChI is InChI=1S/C14H16N2O3S2/c1-21(18,19)13-9-20-8-7-16(13)14(17)11-3-2-4-12-10(11)5-6-15-12/h2-6,13,15H,7-9H2,1H3. The molecule has 0 spiro atoms. The fourth-order valence-corrected chi connectivity index (χ4v) is 5.41. The largest absolute Gasteiger partial charge is 0.361 e. The molecule has 2 heterocycles. The molecule has 1 aliphatic rings. The minimum Gasteiger partial charge on any atom is -0.361 e. The first-order valence-electron chi connectivity index (χ1n) is 6.62. The number of nitrogens with zero attached hydrogens (tertiary/aromatic N) is 1. The summed E-state index contributed by atoms with van der Waals surface area (Å²) >= 11 is 1.57. The summed E-state index contributed by atoms with van der Waals surface area (Å²) in [5.74, 6) is 0.991. The number of rotatable bonds is 2. The van der Waals surface area contributed by atoms with Crippen LogP contribution in [0.1, 0.15) is 10.4 Å². The van der Waals surface area contributed by atoms with Crippen molar-refractivity contribution in [3.05, 3.63) is 36.0 Å². The average molecular weight is 324 g/mol. The molecule has 1 atom stereocenters. The van der Waals surface area contributed by atoms with Crippen molar-refractivity contribution in [2.45, 2.75) is 5.37 Å². The van der Waals surface area contributed by atoms with Crippen molar-refractivity contribution in [3.8, 4) is 0 Å². The first-order valence-corrected chi connectivity index (χ1v) is 9.73. The van der Waals surface area contributed by atoms with Gasteiger partial charge in [-0.3, -0.25) is 4.79 Å². The molecule has 0 aliphatic carbocycles. The third-order valence-corrected chi connectivity index (χ3v) is 6.31. The lowest BCUT2D eigenvalue weighted by atomic mass is 10.1. The van der Waals surface area contributed by atoms with Gasteiger partial charge in [-0.25, -0.2) is 8.42 Å². The number of benzene rings is 1. The lowest BCUT2D eigenvalue weighted by Gasteiger charge is -2.34. The van der Waals surface area contributed by atoms with E-state index >= 15 is 0 Å². The van der Waals surface area contributed by atoms with Crippen molar-refractivity contribution < 1.29 is 13.2 Å². The van der Waals surface area contributed by atoms with Gasteiger partial charge in [-0.05, 0) is 18.2 Å². The molecule has 1 N–H and O–H groups in total. The Labute approximate surface area is 127 Å². The molecule has 0 radical (unpaired) electrons. The van der Waals surface area contributed by atoms with Crippen LogP contribution in [-0.2, 0) is 9.84 Å². The molecule has 3 rings (SSSR count). The first kappa shape index (κ1) is 14.5. The van der Waals surface area contributed by atoms with Crippen LogP contribution in [-0.4, -0.2) is 53.9 Å². The molecule has 2 aromatic rings. The molecule has 21 heavy (non-hydrogen) atoms. The Morgan fingerprint density at radius 2 is 2.19 bits per heavy atom. The number of amides is 1. The van der Waals surface area contributed by atoms with Crippen LogP contribution >= 0.6 is 11.8 Å². The minimum absolute atomic E-state index is 0.212. The van der Waals surface area contributed by atoms with Gasteiger partial charge in [0.25, 0.3) is 5.91 Å². The minimum atomic E-state index is -3.29. The van der Waals surface area contributed by atoms with Gasteiger partial charge in [0, 0.05) is 47.0 Å². The maximum absolute atomic E-state index is 12.8. The van der Waals surface area contributed by atoms with E-state index in [2.05, 4.69) is 4.98 Å². The summed E-state index contributed by atoms with van der Waals surface area (Å²) < 4.78 is 23.9. The molecular formula is C14H16N2O3S2. The van der Waals surface area contributed by atoms with Gasteiger partial charge in [0.2, 0.25) is 0 Å². The van der Waals surface area contributed by atoms with Crippen LogP contribution in [0, 0.1) is 0 Å². The molecule has 1 amide bonds. The second kappa shape index (κ2) is 5.38. The number of thioether (sulfide) groups is 1. The van der Waals surface area contributed by atoms with Gasteiger partial charge in [0.15, 0.2) is 9.84 Å². The van der Waals surface area contributed by atoms with E-state index in [1.54, 1.807) is 30.1 Å². The number of aromatic nitrogens is 1. The third kappa shape index (κ3) is 2.67. The highest BCUT2D eigenvalue weighted by molar-refractivity contribution is 8.00. The number of hydrogen-bond acceptors (Lipinski definition) is 4. The van der Waals surface area contributed by atoms with Gasteiger partial charge in [-0.2, -0.15) is 11.8 Å². The monoisotopic (exact) mass is 324 g/mol. The smallest absolute Gasteiger partial charge is 0.255 e. The van der Waals surface area contributed by atoms with E-state index in [9.17, 15) is 13.2 Å². The molecule has 1 saturated heterocycles. The van der Waals surface area contributed by atoms with E-state index in [1.165, 1.54) is 11.2 Å². The van der Waals surface area contributed by atoms with Crippen molar-refractivity contribution in [3.63, 3.8) is 0 Å². The van der Waals surface area contributed by atoms with Crippen molar-refractivity contribution >= 4 is 38.4 Å². The van der Waals surface area contributed by atoms with E-state index in [1.807, 2.05) is 12.1 Å². The van der Waals surface area contributed by atoms with Crippen LogP contribution in [0.4, 0.5) is 0 Å². The highest BCUT2D eigenvalue weighted by Gasteiger charge is 2.35. The Hall–Kier alpha value is -1.47. The fraction of sp³-hybridized carbons (Fsp3) is 0.357. The molecular weight excluding hydrogens is 308 g/mol. The quantitative estimate of drug-likeness (QED) is 0.913. The summed E-state index contributed by atoms with van der Waals surface area (Å²) in [6.45, 7) is 0.460. The Kier molecular flexibility index (Phi) is 3.71. The maximum atomic E-state index is 12.8. The van der Waals surface area contributed by atoms with E-state index in [-0.39, 0.29) is 5.91 Å². The summed E-state index contributed by atoms with van der Waals surface area (Å²) in [5.41, 5.74) is 1.43. The van der Waals surface area contributed by atoms with E-state index in [4.69, 9.17) is 0 Å². The van der Waals surface area contributed by atoms with Crippen molar-refractivity contribution in [2.24, 2.45) is 0 Å². The molecule has 112 valence electrons. The van der Waals surface area contributed by atoms with Gasteiger partial charge in [0.1, 0.15) is 5.37 Å². The summed E-state index contributed by atoms with van der Waals surface area (Å²) in [5, 5.41) is 0.0888. The molecule has 0 saturated carbocycles. The zero-order chi connectivity index (χ0) is 15.0. The number of nitrogens with one attached hydrogen (secondary N) is 1. The van der Waals surface area contributed by atoms with Crippen molar-refractivity contribution in [2.75, 3.05) is 24.3 Å². The Balaban J connectivity index is 2.02. The number of carbonyl (C=O) groups is 1. The highest BCUT2D eigenvalue weighted by Crippen LogP contribution is 2.25. The van der Waals surface area contributed by atoms with Gasteiger partial charge in [-0.1, -0.05) is 6.07 Å². The zero-order valence-electron chi connectivity index (χ0n) is 11.6. The molecule has 1 aromatic carbocycles. The number of sulfone groups is 1. The number of carbonyl (C=O) groups excluding carboxylic acids is 1. The lowest BCUT2D eigenvalue weighted by Crippen LogP contribution is -2.49. The Bertz CT molecular complexity index is 782. The zero-order valence-corrected chi connectivity index (χ0v) is 13.2. The SMILES string of the molecule is CS(=O)(=O)C1CSCCN1C(=O)c1cccc2[nH]ccc12. The van der Waals surface area contributed by atoms with Crippen molar-refractivity contribution in [1.29, 1.82) is 0 Å². The molecule has 5 nitrogen and oxygen atoms in total. The van der Waals surface area contributed by atoms with Crippen LogP contribution in [0.2, 0.25) is 0 Å². The molecule has 1 fully saturated rings.